The van der Waals surface area contributed by atoms with Crippen molar-refractivity contribution < 1.29 is 5.11 Å². The molecule has 1 atom stereocenters. The third kappa shape index (κ3) is 2.81. The molecule has 3 nitrogen and oxygen atoms in total. The van der Waals surface area contributed by atoms with Crippen LogP contribution in [0, 0.1) is 5.92 Å². The average molecular weight is 208 g/mol. The van der Waals surface area contributed by atoms with Gasteiger partial charge >= 0.3 is 0 Å². The lowest BCUT2D eigenvalue weighted by molar-refractivity contribution is 0.0204. The molecule has 1 aromatic rings. The van der Waals surface area contributed by atoms with Crippen LogP contribution in [-0.2, 0) is 13.5 Å². The van der Waals surface area contributed by atoms with Gasteiger partial charge in [0.05, 0.1) is 11.8 Å². The summed E-state index contributed by atoms with van der Waals surface area (Å²) < 4.78 is 1.79. The summed E-state index contributed by atoms with van der Waals surface area (Å²) >= 11 is 0. The quantitative estimate of drug-likeness (QED) is 0.820. The Kier molecular flexibility index (Phi) is 2.83. The highest BCUT2D eigenvalue weighted by molar-refractivity contribution is 5.07. The monoisotopic (exact) mass is 208 g/mol. The Morgan fingerprint density at radius 3 is 2.80 bits per heavy atom. The van der Waals surface area contributed by atoms with E-state index in [1.165, 1.54) is 19.3 Å². The van der Waals surface area contributed by atoms with Gasteiger partial charge < -0.3 is 5.11 Å². The lowest BCUT2D eigenvalue weighted by atomic mass is 9.76. The fourth-order valence-electron chi connectivity index (χ4n) is 2.39. The molecule has 3 heteroatoms. The number of aryl methyl sites for hydroxylation is 1. The molecule has 0 aromatic carbocycles. The topological polar surface area (TPSA) is 38.0 Å². The summed E-state index contributed by atoms with van der Waals surface area (Å²) in [4.78, 5) is 0. The number of nitrogens with zero attached hydrogens (tertiary/aromatic N) is 2. The highest BCUT2D eigenvalue weighted by Crippen LogP contribution is 2.34. The van der Waals surface area contributed by atoms with E-state index >= 15 is 0 Å². The van der Waals surface area contributed by atoms with Crippen LogP contribution < -0.4 is 0 Å². The van der Waals surface area contributed by atoms with E-state index in [1.807, 2.05) is 26.4 Å². The van der Waals surface area contributed by atoms with Gasteiger partial charge in [0.25, 0.3) is 0 Å². The summed E-state index contributed by atoms with van der Waals surface area (Å²) in [5.74, 6) is 0.747. The van der Waals surface area contributed by atoms with Crippen LogP contribution in [0.3, 0.4) is 0 Å². The van der Waals surface area contributed by atoms with Crippen LogP contribution in [0.4, 0.5) is 0 Å². The molecule has 0 spiro atoms. The predicted octanol–water partition coefficient (Wildman–Crippen LogP) is 1.90. The van der Waals surface area contributed by atoms with E-state index in [1.54, 1.807) is 4.68 Å². The van der Waals surface area contributed by atoms with Crippen LogP contribution in [0.2, 0.25) is 0 Å². The molecule has 0 radical (unpaired) electrons. The van der Waals surface area contributed by atoms with Crippen molar-refractivity contribution in [1.82, 2.24) is 9.78 Å². The van der Waals surface area contributed by atoms with Gasteiger partial charge in [-0.15, -0.1) is 0 Å². The molecule has 0 amide bonds. The molecule has 15 heavy (non-hydrogen) atoms. The first kappa shape index (κ1) is 10.7. The molecule has 1 fully saturated rings. The highest BCUT2D eigenvalue weighted by atomic mass is 16.3. The first-order chi connectivity index (χ1) is 7.05. The summed E-state index contributed by atoms with van der Waals surface area (Å²) in [6.07, 6.45) is 9.41. The van der Waals surface area contributed by atoms with E-state index < -0.39 is 5.60 Å². The summed E-state index contributed by atoms with van der Waals surface area (Å²) in [6, 6.07) is 0. The third-order valence-corrected chi connectivity index (χ3v) is 3.30. The fraction of sp³-hybridized carbons (Fsp3) is 0.750. The van der Waals surface area contributed by atoms with Gasteiger partial charge in [0.15, 0.2) is 0 Å². The van der Waals surface area contributed by atoms with Crippen LogP contribution in [0.15, 0.2) is 12.4 Å². The second-order valence-electron chi connectivity index (χ2n) is 5.20. The SMILES string of the molecule is Cn1cc(CC(C)(O)CC2CCC2)cn1. The Bertz CT molecular complexity index is 326. The zero-order valence-corrected chi connectivity index (χ0v) is 9.61. The molecule has 0 saturated heterocycles. The lowest BCUT2D eigenvalue weighted by Crippen LogP contribution is -2.32. The molecule has 0 aliphatic heterocycles. The molecule has 84 valence electrons. The van der Waals surface area contributed by atoms with Gasteiger partial charge in [0, 0.05) is 19.7 Å². The number of hydrogen-bond donors (Lipinski definition) is 1. The number of aromatic nitrogens is 2. The smallest absolute Gasteiger partial charge is 0.0663 e. The molecule has 1 saturated carbocycles. The van der Waals surface area contributed by atoms with Crippen molar-refractivity contribution in [3.8, 4) is 0 Å². The van der Waals surface area contributed by atoms with Crippen LogP contribution in [0.25, 0.3) is 0 Å². The van der Waals surface area contributed by atoms with Gasteiger partial charge in [0.2, 0.25) is 0 Å². The highest BCUT2D eigenvalue weighted by Gasteiger charge is 2.29. The standard InChI is InChI=1S/C12H20N2O/c1-12(15,6-10-4-3-5-10)7-11-8-13-14(2)9-11/h8-10,15H,3-7H2,1-2H3. The minimum Gasteiger partial charge on any atom is -0.390 e. The third-order valence-electron chi connectivity index (χ3n) is 3.30. The molecule has 1 aliphatic carbocycles. The van der Waals surface area contributed by atoms with E-state index in [4.69, 9.17) is 0 Å². The lowest BCUT2D eigenvalue weighted by Gasteiger charge is -2.33. The van der Waals surface area contributed by atoms with E-state index in [9.17, 15) is 5.11 Å². The zero-order chi connectivity index (χ0) is 10.9. The minimum atomic E-state index is -0.561. The normalized spacial score (nSPS) is 21.0. The summed E-state index contributed by atoms with van der Waals surface area (Å²) in [5, 5.41) is 14.4. The van der Waals surface area contributed by atoms with Crippen molar-refractivity contribution in [3.05, 3.63) is 18.0 Å². The molecule has 2 rings (SSSR count). The maximum atomic E-state index is 10.3. The zero-order valence-electron chi connectivity index (χ0n) is 9.61. The second kappa shape index (κ2) is 3.97. The van der Waals surface area contributed by atoms with Crippen molar-refractivity contribution >= 4 is 0 Å². The minimum absolute atomic E-state index is 0.561. The maximum Gasteiger partial charge on any atom is 0.0663 e. The molecule has 1 unspecified atom stereocenters. The number of aliphatic hydroxyl groups is 1. The van der Waals surface area contributed by atoms with Crippen molar-refractivity contribution in [1.29, 1.82) is 0 Å². The Hall–Kier alpha value is -0.830. The summed E-state index contributed by atoms with van der Waals surface area (Å²) in [5.41, 5.74) is 0.565. The van der Waals surface area contributed by atoms with Gasteiger partial charge in [-0.1, -0.05) is 19.3 Å². The Balaban J connectivity index is 1.90. The first-order valence-electron chi connectivity index (χ1n) is 5.75. The maximum absolute atomic E-state index is 10.3. The summed E-state index contributed by atoms with van der Waals surface area (Å²) in [6.45, 7) is 1.94. The van der Waals surface area contributed by atoms with Crippen molar-refractivity contribution in [2.75, 3.05) is 0 Å². The Morgan fingerprint density at radius 1 is 1.60 bits per heavy atom. The van der Waals surface area contributed by atoms with Crippen LogP contribution >= 0.6 is 0 Å². The van der Waals surface area contributed by atoms with E-state index in [0.29, 0.717) is 0 Å². The summed E-state index contributed by atoms with van der Waals surface area (Å²) in [7, 11) is 1.91. The number of rotatable bonds is 4. The molecule has 1 aromatic heterocycles. The van der Waals surface area contributed by atoms with Crippen molar-refractivity contribution in [2.24, 2.45) is 13.0 Å². The van der Waals surface area contributed by atoms with Crippen LogP contribution in [-0.4, -0.2) is 20.5 Å². The van der Waals surface area contributed by atoms with Crippen molar-refractivity contribution in [3.63, 3.8) is 0 Å². The van der Waals surface area contributed by atoms with E-state index in [0.717, 1.165) is 24.3 Å². The van der Waals surface area contributed by atoms with Crippen LogP contribution in [0.5, 0.6) is 0 Å². The Labute approximate surface area is 91.1 Å². The molecular weight excluding hydrogens is 188 g/mol. The van der Waals surface area contributed by atoms with Gasteiger partial charge in [-0.05, 0) is 24.8 Å². The first-order valence-corrected chi connectivity index (χ1v) is 5.75. The van der Waals surface area contributed by atoms with E-state index in [-0.39, 0.29) is 0 Å². The molecule has 0 bridgehead atoms. The van der Waals surface area contributed by atoms with Gasteiger partial charge in [0.1, 0.15) is 0 Å². The predicted molar refractivity (Wildman–Crippen MR) is 59.5 cm³/mol. The largest absolute Gasteiger partial charge is 0.390 e. The van der Waals surface area contributed by atoms with E-state index in [2.05, 4.69) is 5.10 Å². The number of hydrogen-bond acceptors (Lipinski definition) is 2. The Morgan fingerprint density at radius 2 is 2.33 bits per heavy atom. The fourth-order valence-corrected chi connectivity index (χ4v) is 2.39. The molecule has 1 heterocycles. The van der Waals surface area contributed by atoms with Crippen LogP contribution in [0.1, 0.15) is 38.2 Å². The molecular formula is C12H20N2O. The molecule has 1 N–H and O–H groups in total. The van der Waals surface area contributed by atoms with Gasteiger partial charge in [-0.3, -0.25) is 4.68 Å². The molecule has 1 aliphatic rings. The van der Waals surface area contributed by atoms with Crippen molar-refractivity contribution in [2.45, 2.75) is 44.6 Å². The average Bonchev–Trinajstić information content (AvgIpc) is 2.43. The second-order valence-corrected chi connectivity index (χ2v) is 5.20. The van der Waals surface area contributed by atoms with Gasteiger partial charge in [-0.2, -0.15) is 5.10 Å². The van der Waals surface area contributed by atoms with Gasteiger partial charge in [-0.25, -0.2) is 0 Å².